The molecule has 3 atom stereocenters. The minimum atomic E-state index is -0.103. The second-order valence-corrected chi connectivity index (χ2v) is 35.5. The molecule has 0 amide bonds. The number of rotatable bonds is 2. The van der Waals surface area contributed by atoms with Crippen LogP contribution < -0.4 is 21.3 Å². The van der Waals surface area contributed by atoms with Crippen molar-refractivity contribution >= 4 is 89.5 Å². The molecule has 2 aromatic heterocycles. The largest absolute Gasteiger partial charge is 0.456 e. The molecule has 4 heteroatoms. The molecular formula is C83H93BN2O. The van der Waals surface area contributed by atoms with Gasteiger partial charge in [-0.2, -0.15) is 0 Å². The zero-order valence-electron chi connectivity index (χ0n) is 56.0. The van der Waals surface area contributed by atoms with E-state index in [4.69, 9.17) is 4.42 Å². The zero-order chi connectivity index (χ0) is 60.8. The SMILES string of the molecule is CC(C)(C)c1ccc2c(c1)C1(C)CCCCC1(C)C=C2c1cc2c3c(c1)-n1c4cc5c6cc4c4c(ccc7oc8ccc(c1c8c74)B3c1cc3c(cc1N2c1ccc2c(c1)C(C)(C)CCC2(C)C)C(C)(C)CCC3(C)C)C(C)(C)CC6(C)CCC5(C)C. The molecule has 0 N–H and O–H groups in total. The van der Waals surface area contributed by atoms with E-state index in [0.29, 0.717) is 0 Å². The van der Waals surface area contributed by atoms with Crippen LogP contribution in [0.15, 0.2) is 108 Å². The Kier molecular flexibility index (Phi) is 10.4. The van der Waals surface area contributed by atoms with E-state index in [1.165, 1.54) is 172 Å². The van der Waals surface area contributed by atoms with Gasteiger partial charge in [0.2, 0.25) is 0 Å². The standard InChI is InChI=1S/C83H93BN2O/c1-74(2,3)48-21-23-50-52(45-82(17)29-19-20-30-83(82,18)55(50)39-48)47-37-65-72-66(38-47)86-63-43-59-60-41-51(63)69-54(80(14,15)46-81(60,16)36-35-79(59,12)13)25-27-67-70(69)71-68(87-67)28-26-61(73(71)86)84(72)62-42-57-58(78(10,11)34-33-77(57,8)9)44-64(62)85(65)49-22-24-53-56(40-49)76(6,7)32-31-75(53,4)5/h21-28,37-45H,19-20,29-36,46H2,1-18H3. The normalized spacial score (nSPS) is 26.0. The molecule has 1 fully saturated rings. The highest BCUT2D eigenvalue weighted by molar-refractivity contribution is 7.00. The zero-order valence-corrected chi connectivity index (χ0v) is 56.0. The van der Waals surface area contributed by atoms with E-state index in [1.807, 2.05) is 0 Å². The van der Waals surface area contributed by atoms with Crippen LogP contribution in [-0.4, -0.2) is 11.3 Å². The maximum Gasteiger partial charge on any atom is 0.252 e. The van der Waals surface area contributed by atoms with Gasteiger partial charge >= 0.3 is 0 Å². The van der Waals surface area contributed by atoms with Crippen LogP contribution in [0.2, 0.25) is 0 Å². The van der Waals surface area contributed by atoms with E-state index < -0.39 is 0 Å². The predicted molar refractivity (Wildman–Crippen MR) is 371 cm³/mol. The van der Waals surface area contributed by atoms with E-state index in [1.54, 1.807) is 11.1 Å². The minimum absolute atomic E-state index is 0.00483. The third-order valence-corrected chi connectivity index (χ3v) is 26.2. The molecule has 2 aliphatic heterocycles. The Morgan fingerprint density at radius 1 is 0.460 bits per heavy atom. The molecule has 3 unspecified atom stereocenters. The number of furan rings is 1. The topological polar surface area (TPSA) is 21.3 Å². The summed E-state index contributed by atoms with van der Waals surface area (Å²) >= 11 is 0. The maximum atomic E-state index is 7.30. The van der Waals surface area contributed by atoms with Gasteiger partial charge in [-0.25, -0.2) is 0 Å². The molecule has 87 heavy (non-hydrogen) atoms. The lowest BCUT2D eigenvalue weighted by Gasteiger charge is -2.53. The Morgan fingerprint density at radius 3 is 1.78 bits per heavy atom. The Morgan fingerprint density at radius 2 is 1.07 bits per heavy atom. The molecule has 8 aliphatic rings. The third kappa shape index (κ3) is 7.04. The molecule has 7 aromatic carbocycles. The smallest absolute Gasteiger partial charge is 0.252 e. The summed E-state index contributed by atoms with van der Waals surface area (Å²) in [6.45, 7) is 45.3. The molecule has 9 aromatic rings. The van der Waals surface area contributed by atoms with Crippen molar-refractivity contribution in [1.82, 2.24) is 4.57 Å². The predicted octanol–water partition coefficient (Wildman–Crippen LogP) is 20.6. The summed E-state index contributed by atoms with van der Waals surface area (Å²) in [5.74, 6) is 0. The van der Waals surface area contributed by atoms with Crippen molar-refractivity contribution in [3.05, 3.63) is 164 Å². The lowest BCUT2D eigenvalue weighted by molar-refractivity contribution is 0.138. The van der Waals surface area contributed by atoms with E-state index in [-0.39, 0.29) is 60.9 Å². The highest BCUT2D eigenvalue weighted by atomic mass is 16.3. The van der Waals surface area contributed by atoms with Crippen LogP contribution in [0.1, 0.15) is 256 Å². The lowest BCUT2D eigenvalue weighted by Crippen LogP contribution is -2.61. The fraction of sp³-hybridized carbons (Fsp3) is 0.470. The van der Waals surface area contributed by atoms with Crippen LogP contribution in [0.3, 0.4) is 0 Å². The minimum Gasteiger partial charge on any atom is -0.456 e. The monoisotopic (exact) mass is 1140 g/mol. The summed E-state index contributed by atoms with van der Waals surface area (Å²) in [7, 11) is 0. The first kappa shape index (κ1) is 54.9. The van der Waals surface area contributed by atoms with Crippen molar-refractivity contribution in [2.24, 2.45) is 5.41 Å². The fourth-order valence-electron chi connectivity index (χ4n) is 20.4. The molecular weight excluding hydrogens is 1050 g/mol. The Balaban J connectivity index is 1.10. The second-order valence-electron chi connectivity index (χ2n) is 35.5. The van der Waals surface area contributed by atoms with Crippen molar-refractivity contribution in [3.63, 3.8) is 0 Å². The molecule has 0 radical (unpaired) electrons. The Labute approximate surface area is 519 Å². The summed E-state index contributed by atoms with van der Waals surface area (Å²) in [5, 5.41) is 5.31. The van der Waals surface area contributed by atoms with Gasteiger partial charge in [0.15, 0.2) is 0 Å². The van der Waals surface area contributed by atoms with Crippen molar-refractivity contribution in [1.29, 1.82) is 0 Å². The lowest BCUT2D eigenvalue weighted by atomic mass is 9.33. The van der Waals surface area contributed by atoms with E-state index in [9.17, 15) is 0 Å². The van der Waals surface area contributed by atoms with Gasteiger partial charge in [0.1, 0.15) is 11.2 Å². The van der Waals surface area contributed by atoms with Gasteiger partial charge in [0.05, 0.1) is 16.4 Å². The van der Waals surface area contributed by atoms with Gasteiger partial charge in [0.25, 0.3) is 6.71 Å². The van der Waals surface area contributed by atoms with Crippen molar-refractivity contribution < 1.29 is 4.42 Å². The van der Waals surface area contributed by atoms with Crippen molar-refractivity contribution in [2.45, 2.75) is 244 Å². The molecule has 3 nitrogen and oxygen atoms in total. The number of benzene rings is 7. The average Bonchev–Trinajstić information content (AvgIpc) is 1.66. The summed E-state index contributed by atoms with van der Waals surface area (Å²) in [5.41, 5.74) is 31.8. The quantitative estimate of drug-likeness (QED) is 0.161. The van der Waals surface area contributed by atoms with Crippen LogP contribution in [0, 0.1) is 5.41 Å². The molecule has 444 valence electrons. The first-order chi connectivity index (χ1) is 40.8. The van der Waals surface area contributed by atoms with Crippen LogP contribution in [0.5, 0.6) is 0 Å². The third-order valence-electron chi connectivity index (χ3n) is 26.2. The average molecular weight is 1150 g/mol. The van der Waals surface area contributed by atoms with Crippen molar-refractivity contribution in [2.75, 3.05) is 4.90 Å². The van der Waals surface area contributed by atoms with Gasteiger partial charge in [-0.15, -0.1) is 0 Å². The number of anilines is 3. The van der Waals surface area contributed by atoms with Gasteiger partial charge < -0.3 is 13.9 Å². The summed E-state index contributed by atoms with van der Waals surface area (Å²) in [6, 6.07) is 41.5. The van der Waals surface area contributed by atoms with Gasteiger partial charge in [-0.3, -0.25) is 0 Å². The molecule has 6 aliphatic carbocycles. The molecule has 0 spiro atoms. The number of hydrogen-bond donors (Lipinski definition) is 0. The Hall–Kier alpha value is -6.26. The van der Waals surface area contributed by atoms with Crippen molar-refractivity contribution in [3.8, 4) is 5.69 Å². The molecule has 1 saturated carbocycles. The summed E-state index contributed by atoms with van der Waals surface area (Å²) < 4.78 is 10.2. The van der Waals surface area contributed by atoms with Gasteiger partial charge in [0, 0.05) is 38.9 Å². The van der Waals surface area contributed by atoms with E-state index in [2.05, 4.69) is 237 Å². The second kappa shape index (κ2) is 16.6. The molecule has 0 saturated heterocycles. The van der Waals surface area contributed by atoms with Gasteiger partial charge in [-0.1, -0.05) is 186 Å². The van der Waals surface area contributed by atoms with Crippen LogP contribution >= 0.6 is 0 Å². The number of allylic oxidation sites excluding steroid dienone is 1. The van der Waals surface area contributed by atoms with E-state index >= 15 is 0 Å². The van der Waals surface area contributed by atoms with E-state index in [0.717, 1.165) is 36.8 Å². The fourth-order valence-corrected chi connectivity index (χ4v) is 20.4. The number of aromatic nitrogens is 1. The first-order valence-corrected chi connectivity index (χ1v) is 34.0. The molecule has 17 rings (SSSR count). The molecule has 4 heterocycles. The molecule has 2 bridgehead atoms. The summed E-state index contributed by atoms with van der Waals surface area (Å²) in [4.78, 5) is 2.82. The summed E-state index contributed by atoms with van der Waals surface area (Å²) in [6.07, 6.45) is 15.8. The van der Waals surface area contributed by atoms with Crippen LogP contribution in [0.4, 0.5) is 17.1 Å². The number of fused-ring (bicyclic) bond motifs is 10. The Bertz CT molecular complexity index is 4660. The first-order valence-electron chi connectivity index (χ1n) is 34.0. The highest BCUT2D eigenvalue weighted by Crippen LogP contribution is 2.62. The number of nitrogens with zero attached hydrogens (tertiary/aromatic N) is 2. The van der Waals surface area contributed by atoms with Crippen LogP contribution in [-0.2, 0) is 48.7 Å². The van der Waals surface area contributed by atoms with Gasteiger partial charge in [-0.05, 0) is 250 Å². The van der Waals surface area contributed by atoms with Crippen LogP contribution in [0.25, 0.3) is 55.0 Å². The maximum absolute atomic E-state index is 7.30. The highest BCUT2D eigenvalue weighted by Gasteiger charge is 2.53. The number of hydrogen-bond acceptors (Lipinski definition) is 2.